The zero-order valence-electron chi connectivity index (χ0n) is 9.10. The Balaban J connectivity index is 2.82. The lowest BCUT2D eigenvalue weighted by Gasteiger charge is -2.06. The van der Waals surface area contributed by atoms with E-state index in [9.17, 15) is 10.1 Å². The largest absolute Gasteiger partial charge is 0.475 e. The second-order valence-corrected chi connectivity index (χ2v) is 2.90. The molecule has 0 amide bonds. The van der Waals surface area contributed by atoms with E-state index in [1.54, 1.807) is 14.2 Å². The molecule has 0 bridgehead atoms. The van der Waals surface area contributed by atoms with Crippen LogP contribution in [0.15, 0.2) is 12.1 Å². The molecule has 1 aromatic rings. The first-order valence-electron chi connectivity index (χ1n) is 4.63. The maximum atomic E-state index is 10.6. The summed E-state index contributed by atoms with van der Waals surface area (Å²) >= 11 is 0. The van der Waals surface area contributed by atoms with Crippen molar-refractivity contribution in [3.63, 3.8) is 0 Å². The summed E-state index contributed by atoms with van der Waals surface area (Å²) in [6.45, 7) is 0.701. The van der Waals surface area contributed by atoms with E-state index >= 15 is 0 Å². The zero-order chi connectivity index (χ0) is 12.0. The van der Waals surface area contributed by atoms with Crippen molar-refractivity contribution in [2.45, 2.75) is 0 Å². The number of aromatic nitrogens is 1. The van der Waals surface area contributed by atoms with Crippen LogP contribution in [0.5, 0.6) is 5.88 Å². The fourth-order valence-corrected chi connectivity index (χ4v) is 1.03. The fraction of sp³-hybridized carbons (Fsp3) is 0.444. The van der Waals surface area contributed by atoms with Crippen molar-refractivity contribution in [1.82, 2.24) is 4.98 Å². The minimum absolute atomic E-state index is 0.0632. The number of rotatable bonds is 6. The lowest BCUT2D eigenvalue weighted by molar-refractivity contribution is -0.384. The summed E-state index contributed by atoms with van der Waals surface area (Å²) in [4.78, 5) is 14.1. The maximum absolute atomic E-state index is 10.6. The molecule has 1 heterocycles. The van der Waals surface area contributed by atoms with Crippen LogP contribution in [0.3, 0.4) is 0 Å². The number of anilines is 1. The Bertz CT molecular complexity index is 370. The van der Waals surface area contributed by atoms with Gasteiger partial charge in [-0.1, -0.05) is 0 Å². The summed E-state index contributed by atoms with van der Waals surface area (Å²) in [5.74, 6) is 0.595. The van der Waals surface area contributed by atoms with Crippen LogP contribution in [0, 0.1) is 10.1 Å². The predicted molar refractivity (Wildman–Crippen MR) is 57.8 cm³/mol. The third kappa shape index (κ3) is 3.35. The molecule has 0 atom stereocenters. The second-order valence-electron chi connectivity index (χ2n) is 2.90. The van der Waals surface area contributed by atoms with Crippen LogP contribution in [0.4, 0.5) is 11.5 Å². The third-order valence-electron chi connectivity index (χ3n) is 1.79. The van der Waals surface area contributed by atoms with Crippen molar-refractivity contribution in [1.29, 1.82) is 0 Å². The highest BCUT2D eigenvalue weighted by Gasteiger charge is 2.11. The molecule has 0 aliphatic heterocycles. The SMILES string of the molecule is CNc1cc([N+](=O)[O-])cc(OCCOC)n1. The lowest BCUT2D eigenvalue weighted by atomic mass is 10.4. The maximum Gasteiger partial charge on any atom is 0.278 e. The monoisotopic (exact) mass is 227 g/mol. The normalized spacial score (nSPS) is 9.88. The predicted octanol–water partition coefficient (Wildman–Crippen LogP) is 1.06. The lowest BCUT2D eigenvalue weighted by Crippen LogP contribution is -2.06. The molecule has 1 aromatic heterocycles. The number of hydrogen-bond acceptors (Lipinski definition) is 6. The van der Waals surface area contributed by atoms with Gasteiger partial charge < -0.3 is 14.8 Å². The van der Waals surface area contributed by atoms with Gasteiger partial charge in [0.1, 0.15) is 12.4 Å². The van der Waals surface area contributed by atoms with Crippen molar-refractivity contribution in [2.75, 3.05) is 32.7 Å². The molecule has 16 heavy (non-hydrogen) atoms. The highest BCUT2D eigenvalue weighted by atomic mass is 16.6. The van der Waals surface area contributed by atoms with Gasteiger partial charge in [-0.15, -0.1) is 0 Å². The Labute approximate surface area is 92.5 Å². The first kappa shape index (κ1) is 12.2. The summed E-state index contributed by atoms with van der Waals surface area (Å²) in [5, 5.41) is 13.3. The zero-order valence-corrected chi connectivity index (χ0v) is 9.10. The van der Waals surface area contributed by atoms with Gasteiger partial charge in [-0.25, -0.2) is 0 Å². The number of hydrogen-bond donors (Lipinski definition) is 1. The molecule has 0 saturated carbocycles. The third-order valence-corrected chi connectivity index (χ3v) is 1.79. The average Bonchev–Trinajstić information content (AvgIpc) is 2.29. The molecule has 88 valence electrons. The smallest absolute Gasteiger partial charge is 0.278 e. The standard InChI is InChI=1S/C9H13N3O4/c1-10-8-5-7(12(13)14)6-9(11-8)16-4-3-15-2/h5-6H,3-4H2,1-2H3,(H,10,11). The molecule has 0 aliphatic carbocycles. The number of nitro groups is 1. The molecule has 0 aromatic carbocycles. The summed E-state index contributed by atoms with van der Waals surface area (Å²) in [7, 11) is 3.17. The van der Waals surface area contributed by atoms with Crippen LogP contribution in [0.2, 0.25) is 0 Å². The molecule has 0 saturated heterocycles. The summed E-state index contributed by atoms with van der Waals surface area (Å²) in [5.41, 5.74) is -0.0632. The van der Waals surface area contributed by atoms with Gasteiger partial charge in [-0.2, -0.15) is 4.98 Å². The highest BCUT2D eigenvalue weighted by Crippen LogP contribution is 2.21. The van der Waals surface area contributed by atoms with Crippen molar-refractivity contribution < 1.29 is 14.4 Å². The molecular formula is C9H13N3O4. The van der Waals surface area contributed by atoms with Gasteiger partial charge in [0.2, 0.25) is 5.88 Å². The Kier molecular flexibility index (Phi) is 4.46. The molecule has 1 N–H and O–H groups in total. The molecule has 0 radical (unpaired) electrons. The Morgan fingerprint density at radius 2 is 2.25 bits per heavy atom. The number of pyridine rings is 1. The van der Waals surface area contributed by atoms with Crippen molar-refractivity contribution in [3.05, 3.63) is 22.2 Å². The van der Waals surface area contributed by atoms with E-state index < -0.39 is 4.92 Å². The van der Waals surface area contributed by atoms with Crippen LogP contribution in [0.25, 0.3) is 0 Å². The number of ether oxygens (including phenoxy) is 2. The van der Waals surface area contributed by atoms with Gasteiger partial charge >= 0.3 is 0 Å². The summed E-state index contributed by atoms with van der Waals surface area (Å²) < 4.78 is 9.99. The van der Waals surface area contributed by atoms with Crippen LogP contribution in [-0.2, 0) is 4.74 Å². The van der Waals surface area contributed by atoms with E-state index in [4.69, 9.17) is 9.47 Å². The fourth-order valence-electron chi connectivity index (χ4n) is 1.03. The van der Waals surface area contributed by atoms with E-state index in [1.807, 2.05) is 0 Å². The number of methoxy groups -OCH3 is 1. The molecule has 0 aliphatic rings. The van der Waals surface area contributed by atoms with Crippen LogP contribution in [-0.4, -0.2) is 37.3 Å². The Morgan fingerprint density at radius 3 is 2.81 bits per heavy atom. The molecule has 7 heteroatoms. The number of nitrogens with one attached hydrogen (secondary N) is 1. The van der Waals surface area contributed by atoms with Crippen LogP contribution < -0.4 is 10.1 Å². The topological polar surface area (TPSA) is 86.5 Å². The van der Waals surface area contributed by atoms with Gasteiger partial charge in [0.15, 0.2) is 0 Å². The molecular weight excluding hydrogens is 214 g/mol. The second kappa shape index (κ2) is 5.86. The highest BCUT2D eigenvalue weighted by molar-refractivity contribution is 5.47. The van der Waals surface area contributed by atoms with Gasteiger partial charge in [0.25, 0.3) is 5.69 Å². The molecule has 1 rings (SSSR count). The summed E-state index contributed by atoms with van der Waals surface area (Å²) in [6, 6.07) is 2.61. The summed E-state index contributed by atoms with van der Waals surface area (Å²) in [6.07, 6.45) is 0. The van der Waals surface area contributed by atoms with Crippen LogP contribution in [0.1, 0.15) is 0 Å². The van der Waals surface area contributed by atoms with Crippen molar-refractivity contribution >= 4 is 11.5 Å². The van der Waals surface area contributed by atoms with Crippen molar-refractivity contribution in [2.24, 2.45) is 0 Å². The van der Waals surface area contributed by atoms with E-state index in [1.165, 1.54) is 12.1 Å². The molecule has 0 fully saturated rings. The number of nitrogens with zero attached hydrogens (tertiary/aromatic N) is 2. The van der Waals surface area contributed by atoms with Gasteiger partial charge in [-0.3, -0.25) is 10.1 Å². The van der Waals surface area contributed by atoms with E-state index in [-0.39, 0.29) is 11.6 Å². The molecule has 7 nitrogen and oxygen atoms in total. The Morgan fingerprint density at radius 1 is 1.50 bits per heavy atom. The minimum atomic E-state index is -0.494. The molecule has 0 spiro atoms. The quantitative estimate of drug-likeness (QED) is 0.444. The Hall–Kier alpha value is -1.89. The van der Waals surface area contributed by atoms with Gasteiger partial charge in [-0.05, 0) is 0 Å². The first-order chi connectivity index (χ1) is 7.67. The van der Waals surface area contributed by atoms with Gasteiger partial charge in [0.05, 0.1) is 23.7 Å². The average molecular weight is 227 g/mol. The van der Waals surface area contributed by atoms with Crippen LogP contribution >= 0.6 is 0 Å². The van der Waals surface area contributed by atoms with E-state index in [0.29, 0.717) is 19.0 Å². The minimum Gasteiger partial charge on any atom is -0.475 e. The molecule has 0 unspecified atom stereocenters. The van der Waals surface area contributed by atoms with E-state index in [0.717, 1.165) is 0 Å². The van der Waals surface area contributed by atoms with Crippen molar-refractivity contribution in [3.8, 4) is 5.88 Å². The first-order valence-corrected chi connectivity index (χ1v) is 4.63. The van der Waals surface area contributed by atoms with E-state index in [2.05, 4.69) is 10.3 Å². The van der Waals surface area contributed by atoms with Gasteiger partial charge in [0, 0.05) is 14.2 Å².